The van der Waals surface area contributed by atoms with Crippen LogP contribution in [0.5, 0.6) is 0 Å². The van der Waals surface area contributed by atoms with Gasteiger partial charge >= 0.3 is 0 Å². The van der Waals surface area contributed by atoms with E-state index in [1.165, 1.54) is 4.57 Å². The second-order valence-electron chi connectivity index (χ2n) is 7.70. The van der Waals surface area contributed by atoms with Gasteiger partial charge in [0.25, 0.3) is 5.56 Å². The van der Waals surface area contributed by atoms with E-state index in [9.17, 15) is 10.1 Å². The third-order valence-electron chi connectivity index (χ3n) is 5.28. The number of anilines is 3. The van der Waals surface area contributed by atoms with Gasteiger partial charge in [-0.3, -0.25) is 9.36 Å². The van der Waals surface area contributed by atoms with Crippen LogP contribution in [0.25, 0.3) is 16.6 Å². The smallest absolute Gasteiger partial charge is 0.267 e. The van der Waals surface area contributed by atoms with Crippen molar-refractivity contribution in [1.29, 1.82) is 5.26 Å². The van der Waals surface area contributed by atoms with Crippen molar-refractivity contribution in [3.63, 3.8) is 0 Å². The summed E-state index contributed by atoms with van der Waals surface area (Å²) in [4.78, 5) is 26.4. The lowest BCUT2D eigenvalue weighted by atomic mass is 10.1. The summed E-state index contributed by atoms with van der Waals surface area (Å²) in [7, 11) is 0. The fourth-order valence-corrected chi connectivity index (χ4v) is 3.92. The largest absolute Gasteiger partial charge is 0.382 e. The molecule has 166 valence electrons. The maximum atomic E-state index is 13.7. The summed E-state index contributed by atoms with van der Waals surface area (Å²) in [6, 6.07) is 12.4. The Bertz CT molecular complexity index is 1510. The zero-order valence-corrected chi connectivity index (χ0v) is 19.0. The van der Waals surface area contributed by atoms with Crippen molar-refractivity contribution in [2.24, 2.45) is 0 Å². The predicted octanol–water partition coefficient (Wildman–Crippen LogP) is 3.66. The Morgan fingerprint density at radius 2 is 1.91 bits per heavy atom. The molecule has 4 rings (SSSR count). The van der Waals surface area contributed by atoms with E-state index < -0.39 is 6.04 Å². The molecule has 2 aromatic carbocycles. The van der Waals surface area contributed by atoms with Gasteiger partial charge in [0.15, 0.2) is 5.82 Å². The third kappa shape index (κ3) is 3.92. The van der Waals surface area contributed by atoms with Gasteiger partial charge in [-0.05, 0) is 50.1 Å². The molecule has 1 atom stereocenters. The number of nitriles is 1. The number of nitrogens with zero attached hydrogens (tertiary/aromatic N) is 5. The van der Waals surface area contributed by atoms with Crippen molar-refractivity contribution in [2.45, 2.75) is 26.8 Å². The fourth-order valence-electron chi connectivity index (χ4n) is 3.67. The maximum Gasteiger partial charge on any atom is 0.267 e. The minimum Gasteiger partial charge on any atom is -0.382 e. The average Bonchev–Trinajstić information content (AvgIpc) is 2.75. The predicted molar refractivity (Wildman–Crippen MR) is 129 cm³/mol. The SMILES string of the molecule is Cc1ccc(C)c(-n2c([C@H](C)Nc3nc(N)nc(N)c3C#N)nc3cccc(Cl)c3c2=O)c1. The minimum absolute atomic E-state index is 0.0372. The van der Waals surface area contributed by atoms with E-state index in [4.69, 9.17) is 28.1 Å². The Hall–Kier alpha value is -4.16. The van der Waals surface area contributed by atoms with Crippen molar-refractivity contribution in [3.8, 4) is 11.8 Å². The zero-order chi connectivity index (χ0) is 23.9. The lowest BCUT2D eigenvalue weighted by Crippen LogP contribution is -2.28. The van der Waals surface area contributed by atoms with Crippen LogP contribution in [0.15, 0.2) is 41.2 Å². The standard InChI is InChI=1S/C23H21ClN8O/c1-11-7-8-12(2)17(9-11)32-21(29-16-6-4-5-15(24)18(16)22(32)33)13(3)28-20-14(10-25)19(26)30-23(27)31-20/h4-9,13H,1-3H3,(H5,26,27,28,30,31)/t13-/m0/s1. The molecular formula is C23H21ClN8O. The summed E-state index contributed by atoms with van der Waals surface area (Å²) in [6.45, 7) is 5.66. The highest BCUT2D eigenvalue weighted by atomic mass is 35.5. The van der Waals surface area contributed by atoms with E-state index in [1.807, 2.05) is 38.1 Å². The van der Waals surface area contributed by atoms with Crippen LogP contribution < -0.4 is 22.3 Å². The number of halogens is 1. The summed E-state index contributed by atoms with van der Waals surface area (Å²) < 4.78 is 1.54. The topological polar surface area (TPSA) is 149 Å². The van der Waals surface area contributed by atoms with Crippen LogP contribution in [0.2, 0.25) is 5.02 Å². The average molecular weight is 461 g/mol. The highest BCUT2D eigenvalue weighted by molar-refractivity contribution is 6.35. The molecule has 0 saturated carbocycles. The van der Waals surface area contributed by atoms with Crippen molar-refractivity contribution in [1.82, 2.24) is 19.5 Å². The van der Waals surface area contributed by atoms with Crippen LogP contribution in [0.4, 0.5) is 17.6 Å². The molecule has 0 amide bonds. The van der Waals surface area contributed by atoms with Crippen molar-refractivity contribution >= 4 is 40.1 Å². The molecule has 0 aliphatic heterocycles. The number of nitrogen functional groups attached to an aromatic ring is 2. The third-order valence-corrected chi connectivity index (χ3v) is 5.60. The number of nitrogens with one attached hydrogen (secondary N) is 1. The molecule has 0 unspecified atom stereocenters. The first kappa shape index (κ1) is 22.0. The van der Waals surface area contributed by atoms with E-state index >= 15 is 0 Å². The molecule has 0 radical (unpaired) electrons. The van der Waals surface area contributed by atoms with Crippen molar-refractivity contribution in [3.05, 3.63) is 74.3 Å². The number of hydrogen-bond donors (Lipinski definition) is 3. The van der Waals surface area contributed by atoms with Crippen LogP contribution in [0.1, 0.15) is 35.5 Å². The maximum absolute atomic E-state index is 13.7. The van der Waals surface area contributed by atoms with Crippen LogP contribution in [0.3, 0.4) is 0 Å². The number of hydrogen-bond acceptors (Lipinski definition) is 8. The van der Waals surface area contributed by atoms with Gasteiger partial charge in [-0.15, -0.1) is 0 Å². The number of nitrogens with two attached hydrogens (primary N) is 2. The first-order chi connectivity index (χ1) is 15.7. The van der Waals surface area contributed by atoms with Gasteiger partial charge in [0.1, 0.15) is 23.3 Å². The van der Waals surface area contributed by atoms with Gasteiger partial charge in [0.2, 0.25) is 5.95 Å². The summed E-state index contributed by atoms with van der Waals surface area (Å²) >= 11 is 6.38. The number of aryl methyl sites for hydroxylation is 2. The normalized spacial score (nSPS) is 11.8. The van der Waals surface area contributed by atoms with Crippen LogP contribution in [-0.4, -0.2) is 19.5 Å². The van der Waals surface area contributed by atoms with Crippen LogP contribution in [0, 0.1) is 25.2 Å². The molecule has 5 N–H and O–H groups in total. The second-order valence-corrected chi connectivity index (χ2v) is 8.11. The van der Waals surface area contributed by atoms with Gasteiger partial charge in [0, 0.05) is 0 Å². The Morgan fingerprint density at radius 1 is 1.15 bits per heavy atom. The van der Waals surface area contributed by atoms with Crippen molar-refractivity contribution in [2.75, 3.05) is 16.8 Å². The molecular weight excluding hydrogens is 440 g/mol. The van der Waals surface area contributed by atoms with E-state index in [1.54, 1.807) is 25.1 Å². The van der Waals surface area contributed by atoms with Crippen LogP contribution in [-0.2, 0) is 0 Å². The first-order valence-electron chi connectivity index (χ1n) is 10.1. The molecule has 9 nitrogen and oxygen atoms in total. The van der Waals surface area contributed by atoms with E-state index in [0.29, 0.717) is 27.4 Å². The molecule has 10 heteroatoms. The van der Waals surface area contributed by atoms with E-state index in [2.05, 4.69) is 15.3 Å². The summed E-state index contributed by atoms with van der Waals surface area (Å²) in [5.41, 5.74) is 14.3. The first-order valence-corrected chi connectivity index (χ1v) is 10.5. The monoisotopic (exact) mass is 460 g/mol. The molecule has 0 bridgehead atoms. The lowest BCUT2D eigenvalue weighted by molar-refractivity contribution is 0.728. The van der Waals surface area contributed by atoms with E-state index in [0.717, 1.165) is 11.1 Å². The van der Waals surface area contributed by atoms with Gasteiger partial charge in [0.05, 0.1) is 27.7 Å². The molecule has 0 spiro atoms. The van der Waals surface area contributed by atoms with Gasteiger partial charge in [-0.25, -0.2) is 4.98 Å². The van der Waals surface area contributed by atoms with Gasteiger partial charge in [-0.1, -0.05) is 29.8 Å². The minimum atomic E-state index is -0.568. The molecule has 2 heterocycles. The Balaban J connectivity index is 1.99. The van der Waals surface area contributed by atoms with Gasteiger partial charge < -0.3 is 16.8 Å². The Kier molecular flexibility index (Phi) is 5.62. The second kappa shape index (κ2) is 8.41. The van der Waals surface area contributed by atoms with E-state index in [-0.39, 0.29) is 28.7 Å². The van der Waals surface area contributed by atoms with Crippen LogP contribution >= 0.6 is 11.6 Å². The Labute approximate surface area is 194 Å². The number of rotatable bonds is 4. The molecule has 33 heavy (non-hydrogen) atoms. The molecule has 2 aromatic heterocycles. The summed E-state index contributed by atoms with van der Waals surface area (Å²) in [6.07, 6.45) is 0. The number of fused-ring (bicyclic) bond motifs is 1. The molecule has 0 aliphatic carbocycles. The molecule has 4 aromatic rings. The lowest BCUT2D eigenvalue weighted by Gasteiger charge is -2.22. The van der Waals surface area contributed by atoms with Crippen molar-refractivity contribution < 1.29 is 0 Å². The quantitative estimate of drug-likeness (QED) is 0.417. The highest BCUT2D eigenvalue weighted by Crippen LogP contribution is 2.27. The number of aromatic nitrogens is 4. The zero-order valence-electron chi connectivity index (χ0n) is 18.2. The Morgan fingerprint density at radius 3 is 2.64 bits per heavy atom. The highest BCUT2D eigenvalue weighted by Gasteiger charge is 2.22. The fraction of sp³-hybridized carbons (Fsp3) is 0.174. The molecule has 0 fully saturated rings. The summed E-state index contributed by atoms with van der Waals surface area (Å²) in [5.74, 6) is 0.447. The number of benzene rings is 2. The molecule has 0 aliphatic rings. The molecule has 0 saturated heterocycles. The van der Waals surface area contributed by atoms with Gasteiger partial charge in [-0.2, -0.15) is 15.2 Å². The summed E-state index contributed by atoms with van der Waals surface area (Å²) in [5, 5.41) is 13.3.